The molecule has 1 amide bonds. The smallest absolute Gasteiger partial charge is 0.259 e. The average molecular weight is 402 g/mol. The minimum absolute atomic E-state index is 0.00337. The Hall–Kier alpha value is -2.56. The molecule has 0 saturated carbocycles. The number of hydrogen-bond donors (Lipinski definition) is 1. The predicted molar refractivity (Wildman–Crippen MR) is 114 cm³/mol. The number of carbonyl (C=O) groups is 1. The molecule has 0 aliphatic heterocycles. The molecule has 2 aromatic rings. The molecule has 29 heavy (non-hydrogen) atoms. The first-order valence-corrected chi connectivity index (χ1v) is 9.99. The van der Waals surface area contributed by atoms with E-state index in [0.29, 0.717) is 23.3 Å². The molecule has 0 fully saturated rings. The van der Waals surface area contributed by atoms with Crippen LogP contribution in [0.5, 0.6) is 11.5 Å². The van der Waals surface area contributed by atoms with Crippen LogP contribution in [-0.4, -0.2) is 36.6 Å². The highest BCUT2D eigenvalue weighted by atomic mass is 19.1. The Labute approximate surface area is 173 Å². The minimum atomic E-state index is -0.342. The zero-order valence-corrected chi connectivity index (χ0v) is 18.5. The summed E-state index contributed by atoms with van der Waals surface area (Å²) < 4.78 is 20.8. The van der Waals surface area contributed by atoms with Crippen molar-refractivity contribution in [2.75, 3.05) is 20.7 Å². The van der Waals surface area contributed by atoms with Gasteiger partial charge in [0.2, 0.25) is 0 Å². The Morgan fingerprint density at radius 3 is 2.34 bits per heavy atom. The van der Waals surface area contributed by atoms with E-state index in [1.54, 1.807) is 26.2 Å². The molecule has 0 aliphatic rings. The fourth-order valence-electron chi connectivity index (χ4n) is 3.43. The summed E-state index contributed by atoms with van der Waals surface area (Å²) in [5.41, 5.74) is 4.02. The van der Waals surface area contributed by atoms with E-state index >= 15 is 4.39 Å². The van der Waals surface area contributed by atoms with Crippen LogP contribution in [0.1, 0.15) is 67.3 Å². The second-order valence-electron chi connectivity index (χ2n) is 8.34. The first kappa shape index (κ1) is 22.7. The number of amides is 1. The third kappa shape index (κ3) is 5.28. The number of benzene rings is 2. The van der Waals surface area contributed by atoms with Gasteiger partial charge in [-0.1, -0.05) is 33.8 Å². The Morgan fingerprint density at radius 2 is 1.79 bits per heavy atom. The van der Waals surface area contributed by atoms with Crippen LogP contribution in [0.4, 0.5) is 4.39 Å². The Kier molecular flexibility index (Phi) is 7.28. The highest BCUT2D eigenvalue weighted by Crippen LogP contribution is 2.34. The molecule has 0 bridgehead atoms. The van der Waals surface area contributed by atoms with Gasteiger partial charge in [-0.05, 0) is 59.2 Å². The zero-order valence-electron chi connectivity index (χ0n) is 18.5. The number of aromatic hydroxyl groups is 1. The highest BCUT2D eigenvalue weighted by molar-refractivity contribution is 5.77. The molecule has 0 spiro atoms. The number of phenols is 1. The number of aryl methyl sites for hydroxylation is 1. The van der Waals surface area contributed by atoms with E-state index in [-0.39, 0.29) is 35.9 Å². The van der Waals surface area contributed by atoms with E-state index in [0.717, 1.165) is 16.7 Å². The summed E-state index contributed by atoms with van der Waals surface area (Å²) >= 11 is 0. The van der Waals surface area contributed by atoms with Gasteiger partial charge in [-0.15, -0.1) is 0 Å². The van der Waals surface area contributed by atoms with Gasteiger partial charge in [0.15, 0.2) is 6.61 Å². The largest absolute Gasteiger partial charge is 0.508 e. The van der Waals surface area contributed by atoms with E-state index in [1.807, 2.05) is 32.9 Å². The Bertz CT molecular complexity index is 888. The molecule has 0 aromatic heterocycles. The van der Waals surface area contributed by atoms with Crippen LogP contribution in [0.25, 0.3) is 0 Å². The van der Waals surface area contributed by atoms with Crippen molar-refractivity contribution >= 4 is 5.91 Å². The number of carbonyl (C=O) groups excluding carboxylic acids is 1. The maximum atomic E-state index is 15.1. The van der Waals surface area contributed by atoms with Crippen LogP contribution in [0.15, 0.2) is 24.3 Å². The van der Waals surface area contributed by atoms with Gasteiger partial charge in [-0.2, -0.15) is 0 Å². The van der Waals surface area contributed by atoms with Crippen molar-refractivity contribution in [2.45, 2.75) is 52.9 Å². The van der Waals surface area contributed by atoms with Gasteiger partial charge in [0.1, 0.15) is 17.3 Å². The summed E-state index contributed by atoms with van der Waals surface area (Å²) in [7, 11) is 3.38. The molecular formula is C24H32FNO3. The maximum absolute atomic E-state index is 15.1. The van der Waals surface area contributed by atoms with Crippen molar-refractivity contribution in [3.63, 3.8) is 0 Å². The van der Waals surface area contributed by atoms with Gasteiger partial charge in [-0.3, -0.25) is 4.79 Å². The Morgan fingerprint density at radius 1 is 1.14 bits per heavy atom. The van der Waals surface area contributed by atoms with Crippen LogP contribution < -0.4 is 4.74 Å². The number of halogens is 1. The highest BCUT2D eigenvalue weighted by Gasteiger charge is 2.19. The predicted octanol–water partition coefficient (Wildman–Crippen LogP) is 5.14. The second kappa shape index (κ2) is 9.29. The van der Waals surface area contributed by atoms with E-state index in [2.05, 4.69) is 13.8 Å². The van der Waals surface area contributed by atoms with Gasteiger partial charge < -0.3 is 14.7 Å². The summed E-state index contributed by atoms with van der Waals surface area (Å²) in [6.45, 7) is 9.86. The number of ether oxygens (including phenoxy) is 1. The summed E-state index contributed by atoms with van der Waals surface area (Å²) in [6.07, 6.45) is 0.433. The van der Waals surface area contributed by atoms with Gasteiger partial charge in [0.25, 0.3) is 5.91 Å². The van der Waals surface area contributed by atoms with Crippen molar-refractivity contribution in [1.82, 2.24) is 4.90 Å². The molecule has 5 heteroatoms. The van der Waals surface area contributed by atoms with Crippen molar-refractivity contribution in [1.29, 1.82) is 0 Å². The summed E-state index contributed by atoms with van der Waals surface area (Å²) in [5, 5.41) is 10.0. The molecule has 0 heterocycles. The maximum Gasteiger partial charge on any atom is 0.259 e. The molecule has 0 aliphatic carbocycles. The van der Waals surface area contributed by atoms with Crippen LogP contribution >= 0.6 is 0 Å². The van der Waals surface area contributed by atoms with Crippen LogP contribution in [0.3, 0.4) is 0 Å². The third-order valence-electron chi connectivity index (χ3n) is 5.15. The third-order valence-corrected chi connectivity index (χ3v) is 5.15. The molecule has 2 rings (SSSR count). The number of phenolic OH excluding ortho intramolecular Hbond substituents is 1. The lowest BCUT2D eigenvalue weighted by atomic mass is 9.88. The SMILES string of the molecule is Cc1cc(OCC(=O)N(C)C)cc(C(C)C)c1Cc1ccc(O)c(C(C)C)c1F. The lowest BCUT2D eigenvalue weighted by Crippen LogP contribution is -2.27. The quantitative estimate of drug-likeness (QED) is 0.698. The monoisotopic (exact) mass is 401 g/mol. The van der Waals surface area contributed by atoms with Crippen LogP contribution in [0, 0.1) is 12.7 Å². The van der Waals surface area contributed by atoms with E-state index < -0.39 is 0 Å². The van der Waals surface area contributed by atoms with Gasteiger partial charge in [-0.25, -0.2) is 4.39 Å². The topological polar surface area (TPSA) is 49.8 Å². The first-order valence-electron chi connectivity index (χ1n) is 9.99. The van der Waals surface area contributed by atoms with Crippen molar-refractivity contribution in [3.8, 4) is 11.5 Å². The lowest BCUT2D eigenvalue weighted by molar-refractivity contribution is -0.130. The number of hydrogen-bond acceptors (Lipinski definition) is 3. The number of likely N-dealkylation sites (N-methyl/N-ethyl adjacent to an activating group) is 1. The van der Waals surface area contributed by atoms with Gasteiger partial charge in [0, 0.05) is 26.1 Å². The molecule has 4 nitrogen and oxygen atoms in total. The summed E-state index contributed by atoms with van der Waals surface area (Å²) in [5.74, 6) is 0.291. The normalized spacial score (nSPS) is 11.2. The molecular weight excluding hydrogens is 369 g/mol. The van der Waals surface area contributed by atoms with E-state index in [9.17, 15) is 9.90 Å². The molecule has 0 atom stereocenters. The number of rotatable bonds is 7. The molecule has 2 aromatic carbocycles. The second-order valence-corrected chi connectivity index (χ2v) is 8.34. The lowest BCUT2D eigenvalue weighted by Gasteiger charge is -2.20. The van der Waals surface area contributed by atoms with E-state index in [1.165, 1.54) is 4.90 Å². The zero-order chi connectivity index (χ0) is 21.9. The van der Waals surface area contributed by atoms with Crippen molar-refractivity contribution in [2.24, 2.45) is 0 Å². The molecule has 158 valence electrons. The summed E-state index contributed by atoms with van der Waals surface area (Å²) in [6, 6.07) is 7.06. The minimum Gasteiger partial charge on any atom is -0.508 e. The molecule has 0 saturated heterocycles. The van der Waals surface area contributed by atoms with Crippen LogP contribution in [-0.2, 0) is 11.2 Å². The fraction of sp³-hybridized carbons (Fsp3) is 0.458. The van der Waals surface area contributed by atoms with Crippen molar-refractivity contribution < 1.29 is 19.0 Å². The average Bonchev–Trinajstić information content (AvgIpc) is 2.62. The van der Waals surface area contributed by atoms with Crippen molar-refractivity contribution in [3.05, 3.63) is 57.9 Å². The molecule has 0 radical (unpaired) electrons. The first-order chi connectivity index (χ1) is 13.5. The number of nitrogens with zero attached hydrogens (tertiary/aromatic N) is 1. The molecule has 1 N–H and O–H groups in total. The van der Waals surface area contributed by atoms with Crippen LogP contribution in [0.2, 0.25) is 0 Å². The van der Waals surface area contributed by atoms with Gasteiger partial charge in [0.05, 0.1) is 0 Å². The summed E-state index contributed by atoms with van der Waals surface area (Å²) in [4.78, 5) is 13.3. The standard InChI is InChI=1S/C24H32FNO3/c1-14(2)19-12-18(29-13-22(28)26(6)7)10-16(5)20(19)11-17-8-9-21(27)23(15(3)4)24(17)25/h8-10,12,14-15,27H,11,13H2,1-7H3. The van der Waals surface area contributed by atoms with Gasteiger partial charge >= 0.3 is 0 Å². The molecule has 0 unspecified atom stereocenters. The van der Waals surface area contributed by atoms with E-state index in [4.69, 9.17) is 4.74 Å². The Balaban J connectivity index is 2.41. The fourth-order valence-corrected chi connectivity index (χ4v) is 3.43.